The van der Waals surface area contributed by atoms with Crippen LogP contribution in [0.15, 0.2) is 78.9 Å². The Kier molecular flexibility index (Phi) is 5.11. The summed E-state index contributed by atoms with van der Waals surface area (Å²) in [5.41, 5.74) is 3.35. The summed E-state index contributed by atoms with van der Waals surface area (Å²) in [6, 6.07) is 19.1. The molecule has 0 fully saturated rings. The second-order valence-corrected chi connectivity index (χ2v) is 6.19. The molecule has 0 aromatic heterocycles. The minimum Gasteiger partial charge on any atom is -0.372 e. The van der Waals surface area contributed by atoms with Crippen molar-refractivity contribution in [2.75, 3.05) is 5.32 Å². The third kappa shape index (κ3) is 3.70. The van der Waals surface area contributed by atoms with E-state index in [4.69, 9.17) is 5.73 Å². The van der Waals surface area contributed by atoms with Crippen LogP contribution < -0.4 is 11.1 Å². The molecule has 3 rings (SSSR count). The number of halogens is 3. The summed E-state index contributed by atoms with van der Waals surface area (Å²) in [6.45, 7) is 0. The second kappa shape index (κ2) is 7.36. The standard InChI is InChI=1S/C21H17F3N2O2/c22-21(23,24)17-8-4-5-9-18(17)26-16-12-10-15(11-13-16)20(28,19(25)27)14-6-2-1-3-7-14/h1-13,26,28H,(H2,25,27). The van der Waals surface area contributed by atoms with Crippen molar-refractivity contribution in [3.05, 3.63) is 95.6 Å². The molecular formula is C21H17F3N2O2. The highest BCUT2D eigenvalue weighted by Gasteiger charge is 2.38. The zero-order valence-corrected chi connectivity index (χ0v) is 14.6. The van der Waals surface area contributed by atoms with Gasteiger partial charge in [0.05, 0.1) is 11.3 Å². The number of hydrogen-bond donors (Lipinski definition) is 3. The highest BCUT2D eigenvalue weighted by atomic mass is 19.4. The summed E-state index contributed by atoms with van der Waals surface area (Å²) < 4.78 is 39.4. The first-order valence-electron chi connectivity index (χ1n) is 8.34. The minimum absolute atomic E-state index is 0.101. The van der Waals surface area contributed by atoms with Crippen LogP contribution in [0.1, 0.15) is 16.7 Å². The Bertz CT molecular complexity index is 973. The first kappa shape index (κ1) is 19.4. The number of para-hydroxylation sites is 1. The molecule has 0 spiro atoms. The number of carbonyl (C=O) groups excluding carboxylic acids is 1. The Balaban J connectivity index is 1.93. The number of primary amides is 1. The number of benzene rings is 3. The lowest BCUT2D eigenvalue weighted by molar-refractivity contribution is -0.137. The van der Waals surface area contributed by atoms with Crippen LogP contribution in [0, 0.1) is 0 Å². The molecule has 3 aromatic rings. The molecule has 0 aliphatic rings. The summed E-state index contributed by atoms with van der Waals surface area (Å²) in [4.78, 5) is 12.0. The number of hydrogen-bond acceptors (Lipinski definition) is 3. The normalized spacial score (nSPS) is 13.6. The lowest BCUT2D eigenvalue weighted by atomic mass is 9.85. The summed E-state index contributed by atoms with van der Waals surface area (Å²) in [5.74, 6) is -0.957. The fourth-order valence-electron chi connectivity index (χ4n) is 2.92. The van der Waals surface area contributed by atoms with E-state index < -0.39 is 23.2 Å². The third-order valence-electron chi connectivity index (χ3n) is 4.36. The van der Waals surface area contributed by atoms with Gasteiger partial charge in [-0.15, -0.1) is 0 Å². The first-order valence-corrected chi connectivity index (χ1v) is 8.34. The molecule has 0 heterocycles. The number of nitrogens with two attached hydrogens (primary N) is 1. The maximum Gasteiger partial charge on any atom is 0.418 e. The highest BCUT2D eigenvalue weighted by Crippen LogP contribution is 2.36. The van der Waals surface area contributed by atoms with Gasteiger partial charge in [0.25, 0.3) is 5.91 Å². The SMILES string of the molecule is NC(=O)C(O)(c1ccccc1)c1ccc(Nc2ccccc2C(F)(F)F)cc1. The van der Waals surface area contributed by atoms with Gasteiger partial charge in [-0.05, 0) is 35.4 Å². The summed E-state index contributed by atoms with van der Waals surface area (Å²) in [7, 11) is 0. The van der Waals surface area contributed by atoms with Crippen LogP contribution in [-0.2, 0) is 16.6 Å². The van der Waals surface area contributed by atoms with Crippen molar-refractivity contribution in [1.29, 1.82) is 0 Å². The van der Waals surface area contributed by atoms with E-state index in [1.807, 2.05) is 0 Å². The van der Waals surface area contributed by atoms with E-state index in [1.165, 1.54) is 42.5 Å². The van der Waals surface area contributed by atoms with Gasteiger partial charge in [0.1, 0.15) is 0 Å². The van der Waals surface area contributed by atoms with Crippen molar-refractivity contribution in [3.8, 4) is 0 Å². The van der Waals surface area contributed by atoms with Gasteiger partial charge in [-0.1, -0.05) is 54.6 Å². The van der Waals surface area contributed by atoms with Crippen LogP contribution >= 0.6 is 0 Å². The number of amides is 1. The van der Waals surface area contributed by atoms with Gasteiger partial charge < -0.3 is 16.2 Å². The van der Waals surface area contributed by atoms with Crippen LogP contribution in [0.25, 0.3) is 0 Å². The lowest BCUT2D eigenvalue weighted by Crippen LogP contribution is -2.42. The quantitative estimate of drug-likeness (QED) is 0.616. The highest BCUT2D eigenvalue weighted by molar-refractivity contribution is 5.88. The van der Waals surface area contributed by atoms with Crippen molar-refractivity contribution in [3.63, 3.8) is 0 Å². The van der Waals surface area contributed by atoms with Crippen molar-refractivity contribution >= 4 is 17.3 Å². The van der Waals surface area contributed by atoms with Crippen molar-refractivity contribution < 1.29 is 23.1 Å². The number of anilines is 2. The molecule has 0 saturated carbocycles. The van der Waals surface area contributed by atoms with E-state index >= 15 is 0 Å². The molecule has 3 aromatic carbocycles. The van der Waals surface area contributed by atoms with E-state index in [1.54, 1.807) is 30.3 Å². The molecular weight excluding hydrogens is 369 g/mol. The van der Waals surface area contributed by atoms with Crippen LogP contribution in [0.5, 0.6) is 0 Å². The van der Waals surface area contributed by atoms with Gasteiger partial charge in [0.15, 0.2) is 5.60 Å². The third-order valence-corrected chi connectivity index (χ3v) is 4.36. The van der Waals surface area contributed by atoms with Gasteiger partial charge in [-0.25, -0.2) is 0 Å². The summed E-state index contributed by atoms with van der Waals surface area (Å²) in [5, 5.41) is 13.6. The molecule has 4 N–H and O–H groups in total. The Morgan fingerprint density at radius 3 is 1.93 bits per heavy atom. The molecule has 7 heteroatoms. The van der Waals surface area contributed by atoms with Gasteiger partial charge in [0, 0.05) is 5.69 Å². The van der Waals surface area contributed by atoms with E-state index in [-0.39, 0.29) is 11.3 Å². The van der Waals surface area contributed by atoms with Gasteiger partial charge >= 0.3 is 6.18 Å². The minimum atomic E-state index is -4.50. The Labute approximate surface area is 159 Å². The van der Waals surface area contributed by atoms with Crippen LogP contribution in [0.4, 0.5) is 24.5 Å². The Morgan fingerprint density at radius 1 is 0.821 bits per heavy atom. The maximum absolute atomic E-state index is 13.1. The smallest absolute Gasteiger partial charge is 0.372 e. The topological polar surface area (TPSA) is 75.4 Å². The zero-order valence-electron chi connectivity index (χ0n) is 14.6. The average Bonchev–Trinajstić information content (AvgIpc) is 2.68. The Hall–Kier alpha value is -3.32. The van der Waals surface area contributed by atoms with E-state index in [0.29, 0.717) is 11.3 Å². The predicted molar refractivity (Wildman–Crippen MR) is 99.8 cm³/mol. The van der Waals surface area contributed by atoms with Gasteiger partial charge in [0.2, 0.25) is 0 Å². The van der Waals surface area contributed by atoms with Crippen molar-refractivity contribution in [2.45, 2.75) is 11.8 Å². The molecule has 4 nitrogen and oxygen atoms in total. The molecule has 0 saturated heterocycles. The van der Waals surface area contributed by atoms with E-state index in [2.05, 4.69) is 5.32 Å². The molecule has 1 unspecified atom stereocenters. The fourth-order valence-corrected chi connectivity index (χ4v) is 2.92. The lowest BCUT2D eigenvalue weighted by Gasteiger charge is -2.26. The Morgan fingerprint density at radius 2 is 1.36 bits per heavy atom. The summed E-state index contributed by atoms with van der Waals surface area (Å²) in [6.07, 6.45) is -4.50. The number of rotatable bonds is 5. The van der Waals surface area contributed by atoms with E-state index in [0.717, 1.165) is 6.07 Å². The summed E-state index contributed by atoms with van der Waals surface area (Å²) >= 11 is 0. The molecule has 1 amide bonds. The fraction of sp³-hybridized carbons (Fsp3) is 0.0952. The number of alkyl halides is 3. The van der Waals surface area contributed by atoms with E-state index in [9.17, 15) is 23.1 Å². The molecule has 0 radical (unpaired) electrons. The molecule has 28 heavy (non-hydrogen) atoms. The first-order chi connectivity index (χ1) is 13.2. The number of nitrogens with one attached hydrogen (secondary N) is 1. The van der Waals surface area contributed by atoms with Crippen LogP contribution in [0.3, 0.4) is 0 Å². The van der Waals surface area contributed by atoms with Gasteiger partial charge in [-0.2, -0.15) is 13.2 Å². The second-order valence-electron chi connectivity index (χ2n) is 6.19. The maximum atomic E-state index is 13.1. The number of carbonyl (C=O) groups is 1. The molecule has 0 aliphatic carbocycles. The van der Waals surface area contributed by atoms with Crippen molar-refractivity contribution in [2.24, 2.45) is 5.73 Å². The van der Waals surface area contributed by atoms with Crippen LogP contribution in [-0.4, -0.2) is 11.0 Å². The largest absolute Gasteiger partial charge is 0.418 e. The molecule has 1 atom stereocenters. The van der Waals surface area contributed by atoms with Crippen molar-refractivity contribution in [1.82, 2.24) is 0 Å². The van der Waals surface area contributed by atoms with Crippen LogP contribution in [0.2, 0.25) is 0 Å². The monoisotopic (exact) mass is 386 g/mol. The predicted octanol–water partition coefficient (Wildman–Crippen LogP) is 4.17. The molecule has 144 valence electrons. The van der Waals surface area contributed by atoms with Gasteiger partial charge in [-0.3, -0.25) is 4.79 Å². The molecule has 0 aliphatic heterocycles. The number of aliphatic hydroxyl groups is 1. The average molecular weight is 386 g/mol. The molecule has 0 bridgehead atoms. The zero-order chi connectivity index (χ0) is 20.4.